The first-order valence-electron chi connectivity index (χ1n) is 8.05. The number of anilines is 1. The highest BCUT2D eigenvalue weighted by atomic mass is 35.5. The molecule has 1 unspecified atom stereocenters. The third-order valence-corrected chi connectivity index (χ3v) is 4.72. The van der Waals surface area contributed by atoms with Gasteiger partial charge in [-0.3, -0.25) is 14.7 Å². The second kappa shape index (κ2) is 7.75. The number of aromatic nitrogens is 1. The van der Waals surface area contributed by atoms with Crippen LogP contribution in [0.5, 0.6) is 0 Å². The number of nitrogens with zero attached hydrogens (tertiary/aromatic N) is 2. The van der Waals surface area contributed by atoms with Crippen LogP contribution in [0.1, 0.15) is 17.2 Å². The number of halogens is 1. The van der Waals surface area contributed by atoms with Crippen molar-refractivity contribution in [2.75, 3.05) is 31.5 Å². The van der Waals surface area contributed by atoms with E-state index in [1.165, 1.54) is 0 Å². The molecule has 2 aromatic rings. The molecule has 24 heavy (non-hydrogen) atoms. The van der Waals surface area contributed by atoms with Gasteiger partial charge >= 0.3 is 0 Å². The van der Waals surface area contributed by atoms with Crippen molar-refractivity contribution in [1.82, 2.24) is 15.2 Å². The molecule has 1 aromatic heterocycles. The highest BCUT2D eigenvalue weighted by Gasteiger charge is 2.25. The molecule has 0 radical (unpaired) electrons. The molecular formula is C18H21ClN4O. The van der Waals surface area contributed by atoms with E-state index < -0.39 is 0 Å². The van der Waals surface area contributed by atoms with Gasteiger partial charge in [0.25, 0.3) is 0 Å². The van der Waals surface area contributed by atoms with Crippen LogP contribution in [0.4, 0.5) is 5.69 Å². The topological polar surface area (TPSA) is 57.3 Å². The molecule has 1 fully saturated rings. The fraction of sp³-hybridized carbons (Fsp3) is 0.333. The van der Waals surface area contributed by atoms with E-state index in [4.69, 9.17) is 11.6 Å². The van der Waals surface area contributed by atoms with Crippen LogP contribution in [0.15, 0.2) is 42.7 Å². The summed E-state index contributed by atoms with van der Waals surface area (Å²) in [5.74, 6) is -0.0313. The monoisotopic (exact) mass is 344 g/mol. The number of carbonyl (C=O) groups excluding carboxylic acids is 1. The Morgan fingerprint density at radius 3 is 3.08 bits per heavy atom. The number of hydrogen-bond acceptors (Lipinski definition) is 4. The number of hydrogen-bond donors (Lipinski definition) is 2. The van der Waals surface area contributed by atoms with Gasteiger partial charge < -0.3 is 10.6 Å². The van der Waals surface area contributed by atoms with Crippen LogP contribution in [-0.2, 0) is 4.79 Å². The van der Waals surface area contributed by atoms with Crippen LogP contribution < -0.4 is 10.6 Å². The molecule has 1 amide bonds. The van der Waals surface area contributed by atoms with Crippen molar-refractivity contribution < 1.29 is 4.79 Å². The van der Waals surface area contributed by atoms with Crippen molar-refractivity contribution in [3.8, 4) is 0 Å². The number of piperazine rings is 1. The number of rotatable bonds is 4. The van der Waals surface area contributed by atoms with Gasteiger partial charge in [0.1, 0.15) is 0 Å². The van der Waals surface area contributed by atoms with E-state index in [-0.39, 0.29) is 11.9 Å². The first-order valence-corrected chi connectivity index (χ1v) is 8.42. The zero-order valence-corrected chi connectivity index (χ0v) is 14.4. The van der Waals surface area contributed by atoms with E-state index in [9.17, 15) is 4.79 Å². The Morgan fingerprint density at radius 2 is 2.29 bits per heavy atom. The Morgan fingerprint density at radius 1 is 1.42 bits per heavy atom. The van der Waals surface area contributed by atoms with Crippen molar-refractivity contribution in [3.63, 3.8) is 0 Å². The molecule has 1 aromatic carbocycles. The van der Waals surface area contributed by atoms with Gasteiger partial charge in [0, 0.05) is 48.8 Å². The summed E-state index contributed by atoms with van der Waals surface area (Å²) in [6.07, 6.45) is 3.63. The SMILES string of the molecule is Cc1c(Cl)cccc1NC(=O)CN1CCNCC1c1cccnc1. The van der Waals surface area contributed by atoms with E-state index in [1.54, 1.807) is 6.20 Å². The summed E-state index contributed by atoms with van der Waals surface area (Å²) in [5, 5.41) is 7.01. The van der Waals surface area contributed by atoms with Gasteiger partial charge in [-0.25, -0.2) is 0 Å². The summed E-state index contributed by atoms with van der Waals surface area (Å²) in [7, 11) is 0. The predicted octanol–water partition coefficient (Wildman–Crippen LogP) is 2.63. The van der Waals surface area contributed by atoms with E-state index in [1.807, 2.05) is 37.4 Å². The van der Waals surface area contributed by atoms with Crippen molar-refractivity contribution in [2.24, 2.45) is 0 Å². The molecule has 1 aliphatic heterocycles. The van der Waals surface area contributed by atoms with E-state index in [2.05, 4.69) is 26.6 Å². The molecule has 126 valence electrons. The van der Waals surface area contributed by atoms with Crippen molar-refractivity contribution in [3.05, 3.63) is 58.9 Å². The van der Waals surface area contributed by atoms with Gasteiger partial charge in [-0.2, -0.15) is 0 Å². The first kappa shape index (κ1) is 16.9. The minimum absolute atomic E-state index is 0.0313. The van der Waals surface area contributed by atoms with Crippen LogP contribution >= 0.6 is 11.6 Å². The second-order valence-electron chi connectivity index (χ2n) is 5.94. The summed E-state index contributed by atoms with van der Waals surface area (Å²) in [6.45, 7) is 4.76. The largest absolute Gasteiger partial charge is 0.325 e. The van der Waals surface area contributed by atoms with Crippen LogP contribution in [0, 0.1) is 6.92 Å². The number of carbonyl (C=O) groups is 1. The van der Waals surface area contributed by atoms with Gasteiger partial charge in [-0.15, -0.1) is 0 Å². The maximum Gasteiger partial charge on any atom is 0.238 e. The molecule has 0 bridgehead atoms. The molecule has 3 rings (SSSR count). The van der Waals surface area contributed by atoms with Crippen molar-refractivity contribution in [2.45, 2.75) is 13.0 Å². The van der Waals surface area contributed by atoms with Gasteiger partial charge in [0.15, 0.2) is 0 Å². The molecule has 1 aliphatic rings. The normalized spacial score (nSPS) is 18.3. The van der Waals surface area contributed by atoms with Crippen LogP contribution in [0.2, 0.25) is 5.02 Å². The average molecular weight is 345 g/mol. The Balaban J connectivity index is 1.69. The number of pyridine rings is 1. The minimum atomic E-state index is -0.0313. The summed E-state index contributed by atoms with van der Waals surface area (Å²) in [4.78, 5) is 18.9. The number of benzene rings is 1. The average Bonchev–Trinajstić information content (AvgIpc) is 2.60. The fourth-order valence-corrected chi connectivity index (χ4v) is 3.13. The van der Waals surface area contributed by atoms with E-state index in [0.29, 0.717) is 11.6 Å². The second-order valence-corrected chi connectivity index (χ2v) is 6.34. The highest BCUT2D eigenvalue weighted by molar-refractivity contribution is 6.31. The Kier molecular flexibility index (Phi) is 5.45. The lowest BCUT2D eigenvalue weighted by Crippen LogP contribution is -2.48. The number of amides is 1. The van der Waals surface area contributed by atoms with Crippen LogP contribution in [0.25, 0.3) is 0 Å². The lowest BCUT2D eigenvalue weighted by atomic mass is 10.1. The quantitative estimate of drug-likeness (QED) is 0.895. The molecule has 0 aliphatic carbocycles. The molecule has 2 heterocycles. The standard InChI is InChI=1S/C18H21ClN4O/c1-13-15(19)5-2-6-16(13)22-18(24)12-23-9-8-21-11-17(23)14-4-3-7-20-10-14/h2-7,10,17,21H,8-9,11-12H2,1H3,(H,22,24). The summed E-state index contributed by atoms with van der Waals surface area (Å²) >= 11 is 6.12. The molecular weight excluding hydrogens is 324 g/mol. The third-order valence-electron chi connectivity index (χ3n) is 4.31. The lowest BCUT2D eigenvalue weighted by Gasteiger charge is -2.35. The summed E-state index contributed by atoms with van der Waals surface area (Å²) in [5.41, 5.74) is 2.77. The van der Waals surface area contributed by atoms with E-state index in [0.717, 1.165) is 36.4 Å². The zero-order chi connectivity index (χ0) is 16.9. The van der Waals surface area contributed by atoms with Crippen molar-refractivity contribution in [1.29, 1.82) is 0 Å². The highest BCUT2D eigenvalue weighted by Crippen LogP contribution is 2.24. The molecule has 0 saturated carbocycles. The molecule has 5 nitrogen and oxygen atoms in total. The summed E-state index contributed by atoms with van der Waals surface area (Å²) < 4.78 is 0. The smallest absolute Gasteiger partial charge is 0.238 e. The molecule has 6 heteroatoms. The van der Waals surface area contributed by atoms with Gasteiger partial charge in [0.2, 0.25) is 5.91 Å². The van der Waals surface area contributed by atoms with Gasteiger partial charge in [-0.05, 0) is 36.2 Å². The Hall–Kier alpha value is -1.95. The Bertz CT molecular complexity index is 707. The number of nitrogens with one attached hydrogen (secondary N) is 2. The maximum absolute atomic E-state index is 12.5. The Labute approximate surface area is 147 Å². The molecule has 1 atom stereocenters. The molecule has 0 spiro atoms. The van der Waals surface area contributed by atoms with Gasteiger partial charge in [-0.1, -0.05) is 23.7 Å². The minimum Gasteiger partial charge on any atom is -0.325 e. The molecule has 2 N–H and O–H groups in total. The first-order chi connectivity index (χ1) is 11.6. The van der Waals surface area contributed by atoms with E-state index >= 15 is 0 Å². The van der Waals surface area contributed by atoms with Crippen LogP contribution in [0.3, 0.4) is 0 Å². The van der Waals surface area contributed by atoms with Gasteiger partial charge in [0.05, 0.1) is 6.54 Å². The maximum atomic E-state index is 12.5. The van der Waals surface area contributed by atoms with Crippen LogP contribution in [-0.4, -0.2) is 42.0 Å². The summed E-state index contributed by atoms with van der Waals surface area (Å²) in [6, 6.07) is 9.66. The fourth-order valence-electron chi connectivity index (χ4n) is 2.95. The predicted molar refractivity (Wildman–Crippen MR) is 96.2 cm³/mol. The third kappa shape index (κ3) is 3.93. The molecule has 1 saturated heterocycles. The lowest BCUT2D eigenvalue weighted by molar-refractivity contribution is -0.118. The van der Waals surface area contributed by atoms with Crippen molar-refractivity contribution >= 4 is 23.2 Å². The zero-order valence-electron chi connectivity index (χ0n) is 13.6.